The number of carbonyl (C=O) groups excluding carboxylic acids is 4. The van der Waals surface area contributed by atoms with Crippen LogP contribution in [0.1, 0.15) is 49.7 Å². The standard InChI is InChI=1S/C28H33FN4O8/c29-15-8-16(33-17(34)10-32-9-11-4-2-1-3-5-11)22(35)19-13(15)6-12-7-14-21(30)24(37)20(27(31)40)26(39)28(14,41)25(38)18(12)23(19)36/h8,11-12,14,21,32,35-36,39,41H,1-7,9-10,30H2,(H2,31,40)(H,33,34)/t12-,14-,21-,28-/m0/s1. The number of hydrogen-bond acceptors (Lipinski definition) is 10. The molecular formula is C28H33FN4O8. The van der Waals surface area contributed by atoms with Gasteiger partial charge >= 0.3 is 0 Å². The number of nitrogens with one attached hydrogen (secondary N) is 2. The monoisotopic (exact) mass is 572 g/mol. The number of aliphatic hydroxyl groups excluding tert-OH is 2. The molecule has 13 heteroatoms. The van der Waals surface area contributed by atoms with E-state index in [-0.39, 0.29) is 30.6 Å². The van der Waals surface area contributed by atoms with Gasteiger partial charge in [0.1, 0.15) is 22.9 Å². The largest absolute Gasteiger partial charge is 0.508 e. The molecule has 0 bridgehead atoms. The number of halogens is 1. The predicted molar refractivity (Wildman–Crippen MR) is 143 cm³/mol. The van der Waals surface area contributed by atoms with Crippen molar-refractivity contribution in [3.8, 4) is 5.75 Å². The number of aliphatic hydroxyl groups is 3. The normalized spacial score (nSPS) is 28.2. The number of aromatic hydroxyl groups is 1. The lowest BCUT2D eigenvalue weighted by atomic mass is 9.58. The van der Waals surface area contributed by atoms with Crippen LogP contribution in [0.25, 0.3) is 5.76 Å². The summed E-state index contributed by atoms with van der Waals surface area (Å²) >= 11 is 0. The zero-order chi connectivity index (χ0) is 29.8. The van der Waals surface area contributed by atoms with Gasteiger partial charge in [-0.3, -0.25) is 19.2 Å². The van der Waals surface area contributed by atoms with Gasteiger partial charge in [0, 0.05) is 23.1 Å². The Hall–Kier alpha value is -3.81. The number of primary amides is 1. The predicted octanol–water partition coefficient (Wildman–Crippen LogP) is 0.609. The number of phenolic OH excluding ortho intramolecular Hbond substituents is 1. The summed E-state index contributed by atoms with van der Waals surface area (Å²) in [5.74, 6) is -9.85. The second-order valence-electron chi connectivity index (χ2n) is 11.4. The highest BCUT2D eigenvalue weighted by Gasteiger charge is 2.63. The van der Waals surface area contributed by atoms with Crippen molar-refractivity contribution < 1.29 is 44.0 Å². The van der Waals surface area contributed by atoms with Crippen molar-refractivity contribution in [3.05, 3.63) is 39.9 Å². The highest BCUT2D eigenvalue weighted by atomic mass is 19.1. The lowest BCUT2D eigenvalue weighted by molar-refractivity contribution is -0.149. The van der Waals surface area contributed by atoms with Gasteiger partial charge in [0.15, 0.2) is 17.1 Å². The fourth-order valence-corrected chi connectivity index (χ4v) is 6.81. The van der Waals surface area contributed by atoms with Gasteiger partial charge in [-0.2, -0.15) is 0 Å². The summed E-state index contributed by atoms with van der Waals surface area (Å²) in [6.45, 7) is 0.551. The molecule has 0 unspecified atom stereocenters. The number of benzene rings is 1. The summed E-state index contributed by atoms with van der Waals surface area (Å²) in [6.07, 6.45) is 5.19. The maximum absolute atomic E-state index is 15.3. The Morgan fingerprint density at radius 3 is 2.46 bits per heavy atom. The minimum absolute atomic E-state index is 0.0938. The Kier molecular flexibility index (Phi) is 7.38. The maximum atomic E-state index is 15.3. The van der Waals surface area contributed by atoms with Gasteiger partial charge in [0.05, 0.1) is 23.8 Å². The molecule has 0 heterocycles. The fourth-order valence-electron chi connectivity index (χ4n) is 6.81. The topological polar surface area (TPSA) is 225 Å². The van der Waals surface area contributed by atoms with Crippen LogP contribution in [0.15, 0.2) is 23.0 Å². The minimum atomic E-state index is -2.86. The third kappa shape index (κ3) is 4.57. The van der Waals surface area contributed by atoms with Crippen LogP contribution in [0.3, 0.4) is 0 Å². The molecule has 10 N–H and O–H groups in total. The Bertz CT molecular complexity index is 1420. The van der Waals surface area contributed by atoms with Gasteiger partial charge in [-0.1, -0.05) is 19.3 Å². The third-order valence-electron chi connectivity index (χ3n) is 8.91. The fraction of sp³-hybridized carbons (Fsp3) is 0.500. The molecule has 2 amide bonds. The first-order chi connectivity index (χ1) is 19.4. The van der Waals surface area contributed by atoms with Crippen LogP contribution in [-0.4, -0.2) is 68.5 Å². The van der Waals surface area contributed by atoms with Crippen LogP contribution in [-0.2, 0) is 25.6 Å². The number of Topliss-reactive ketones (excluding diaryl/α,β-unsaturated/α-hetero) is 2. The Labute approximate surface area is 234 Å². The minimum Gasteiger partial charge on any atom is -0.508 e. The van der Waals surface area contributed by atoms with Crippen molar-refractivity contribution in [2.75, 3.05) is 18.4 Å². The molecule has 0 spiro atoms. The lowest BCUT2D eigenvalue weighted by Gasteiger charge is -2.48. The smallest absolute Gasteiger partial charge is 0.255 e. The van der Waals surface area contributed by atoms with Crippen molar-refractivity contribution in [1.29, 1.82) is 0 Å². The average molecular weight is 573 g/mol. The first kappa shape index (κ1) is 28.7. The number of nitrogens with two attached hydrogens (primary N) is 2. The first-order valence-electron chi connectivity index (χ1n) is 13.7. The molecule has 0 saturated heterocycles. The quantitative estimate of drug-likeness (QED) is 0.175. The van der Waals surface area contributed by atoms with Crippen molar-refractivity contribution in [3.63, 3.8) is 0 Å². The molecule has 1 aromatic carbocycles. The summed E-state index contributed by atoms with van der Waals surface area (Å²) in [4.78, 5) is 50.6. The molecule has 2 fully saturated rings. The highest BCUT2D eigenvalue weighted by Crippen LogP contribution is 2.52. The second kappa shape index (κ2) is 10.5. The van der Waals surface area contributed by atoms with Gasteiger partial charge in [-0.05, 0) is 44.1 Å². The number of ketones is 2. The highest BCUT2D eigenvalue weighted by molar-refractivity contribution is 6.24. The molecule has 4 atom stereocenters. The third-order valence-corrected chi connectivity index (χ3v) is 8.91. The Morgan fingerprint density at radius 2 is 1.80 bits per heavy atom. The van der Waals surface area contributed by atoms with Crippen molar-refractivity contribution in [2.24, 2.45) is 29.2 Å². The van der Waals surface area contributed by atoms with Crippen LogP contribution in [0.2, 0.25) is 0 Å². The molecule has 0 radical (unpaired) electrons. The first-order valence-corrected chi connectivity index (χ1v) is 13.7. The molecule has 2 saturated carbocycles. The van der Waals surface area contributed by atoms with Gasteiger partial charge in [-0.15, -0.1) is 0 Å². The van der Waals surface area contributed by atoms with Gasteiger partial charge in [0.2, 0.25) is 11.7 Å². The number of fused-ring (bicyclic) bond motifs is 3. The maximum Gasteiger partial charge on any atom is 0.255 e. The van der Waals surface area contributed by atoms with E-state index in [1.807, 2.05) is 0 Å². The zero-order valence-corrected chi connectivity index (χ0v) is 22.2. The van der Waals surface area contributed by atoms with Crippen LogP contribution in [0.5, 0.6) is 5.75 Å². The second-order valence-corrected chi connectivity index (χ2v) is 11.4. The van der Waals surface area contributed by atoms with Gasteiger partial charge < -0.3 is 42.5 Å². The summed E-state index contributed by atoms with van der Waals surface area (Å²) in [5, 5.41) is 49.7. The molecule has 5 rings (SSSR count). The molecule has 0 aromatic heterocycles. The van der Waals surface area contributed by atoms with Gasteiger partial charge in [0.25, 0.3) is 5.91 Å². The lowest BCUT2D eigenvalue weighted by Crippen LogP contribution is -2.65. The van der Waals surface area contributed by atoms with E-state index >= 15 is 4.39 Å². The van der Waals surface area contributed by atoms with Gasteiger partial charge in [-0.25, -0.2) is 4.39 Å². The van der Waals surface area contributed by atoms with E-state index in [1.165, 1.54) is 6.42 Å². The van der Waals surface area contributed by atoms with E-state index in [0.717, 1.165) is 31.7 Å². The molecule has 41 heavy (non-hydrogen) atoms. The average Bonchev–Trinajstić information content (AvgIpc) is 2.92. The number of rotatable bonds is 6. The van der Waals surface area contributed by atoms with Crippen LogP contribution in [0, 0.1) is 23.6 Å². The van der Waals surface area contributed by atoms with Crippen LogP contribution >= 0.6 is 0 Å². The number of amides is 2. The van der Waals surface area contributed by atoms with E-state index in [1.54, 1.807) is 0 Å². The molecule has 4 aliphatic carbocycles. The van der Waals surface area contributed by atoms with Crippen molar-refractivity contribution >= 4 is 34.8 Å². The number of hydrogen-bond donors (Lipinski definition) is 8. The molecular weight excluding hydrogens is 539 g/mol. The number of anilines is 1. The molecule has 220 valence electrons. The SMILES string of the molecule is NC(=O)C1=C(O)[C@@]2(O)C(=O)C3=C(O)c4c(O)c(NC(=O)CNCC5CCCCC5)cc(F)c4C[C@H]3C[C@H]2[C@H](N)C1=O. The summed E-state index contributed by atoms with van der Waals surface area (Å²) in [5.41, 5.74) is 5.90. The summed E-state index contributed by atoms with van der Waals surface area (Å²) in [6, 6.07) is -0.675. The zero-order valence-electron chi connectivity index (χ0n) is 22.2. The number of carbonyl (C=O) groups is 4. The van der Waals surface area contributed by atoms with Crippen LogP contribution in [0.4, 0.5) is 10.1 Å². The molecule has 4 aliphatic rings. The Balaban J connectivity index is 1.46. The van der Waals surface area contributed by atoms with E-state index in [9.17, 15) is 39.6 Å². The Morgan fingerprint density at radius 1 is 1.12 bits per heavy atom. The summed E-state index contributed by atoms with van der Waals surface area (Å²) < 4.78 is 15.3. The van der Waals surface area contributed by atoms with E-state index in [4.69, 9.17) is 11.5 Å². The van der Waals surface area contributed by atoms with Crippen LogP contribution < -0.4 is 22.1 Å². The molecule has 12 nitrogen and oxygen atoms in total. The molecule has 1 aromatic rings. The van der Waals surface area contributed by atoms with E-state index in [2.05, 4.69) is 10.6 Å². The van der Waals surface area contributed by atoms with E-state index < -0.39 is 86.7 Å². The molecule has 0 aliphatic heterocycles. The van der Waals surface area contributed by atoms with Crippen molar-refractivity contribution in [2.45, 2.75) is 56.6 Å². The van der Waals surface area contributed by atoms with Crippen molar-refractivity contribution in [1.82, 2.24) is 5.32 Å². The number of phenols is 1. The van der Waals surface area contributed by atoms with E-state index in [0.29, 0.717) is 12.5 Å². The summed E-state index contributed by atoms with van der Waals surface area (Å²) in [7, 11) is 0.